The van der Waals surface area contributed by atoms with Gasteiger partial charge in [0, 0.05) is 26.1 Å². The molecule has 0 aliphatic carbocycles. The number of rotatable bonds is 2. The first-order valence-corrected chi connectivity index (χ1v) is 7.40. The van der Waals surface area contributed by atoms with Crippen LogP contribution in [-0.4, -0.2) is 21.4 Å². The van der Waals surface area contributed by atoms with Gasteiger partial charge >= 0.3 is 0 Å². The van der Waals surface area contributed by atoms with Gasteiger partial charge in [-0.15, -0.1) is 0 Å². The third-order valence-electron chi connectivity index (χ3n) is 4.38. The number of fused-ring (bicyclic) bond motifs is 1. The second kappa shape index (κ2) is 5.45. The Morgan fingerprint density at radius 1 is 1.29 bits per heavy atom. The SMILES string of the molecule is Cc1nc2c(c(=O)[nH]1)CN(Cc1cccc(C)c1C)CC2. The maximum Gasteiger partial charge on any atom is 0.255 e. The van der Waals surface area contributed by atoms with E-state index in [1.807, 2.05) is 6.92 Å². The maximum atomic E-state index is 12.1. The van der Waals surface area contributed by atoms with Crippen LogP contribution in [0.2, 0.25) is 0 Å². The van der Waals surface area contributed by atoms with Crippen LogP contribution in [0, 0.1) is 20.8 Å². The van der Waals surface area contributed by atoms with E-state index in [-0.39, 0.29) is 5.56 Å². The third kappa shape index (κ3) is 2.76. The summed E-state index contributed by atoms with van der Waals surface area (Å²) < 4.78 is 0. The number of aryl methyl sites for hydroxylation is 2. The number of aromatic amines is 1. The first-order chi connectivity index (χ1) is 10.0. The Kier molecular flexibility index (Phi) is 3.64. The van der Waals surface area contributed by atoms with Crippen molar-refractivity contribution in [3.63, 3.8) is 0 Å². The monoisotopic (exact) mass is 283 g/mol. The zero-order valence-corrected chi connectivity index (χ0v) is 12.9. The van der Waals surface area contributed by atoms with Crippen molar-refractivity contribution in [1.82, 2.24) is 14.9 Å². The van der Waals surface area contributed by atoms with Crippen LogP contribution in [-0.2, 0) is 19.5 Å². The highest BCUT2D eigenvalue weighted by molar-refractivity contribution is 5.33. The van der Waals surface area contributed by atoms with Crippen LogP contribution in [0.1, 0.15) is 33.8 Å². The molecule has 1 aliphatic rings. The molecule has 21 heavy (non-hydrogen) atoms. The molecule has 0 unspecified atom stereocenters. The summed E-state index contributed by atoms with van der Waals surface area (Å²) in [5, 5.41) is 0. The lowest BCUT2D eigenvalue weighted by atomic mass is 10.0. The van der Waals surface area contributed by atoms with Gasteiger partial charge in [-0.2, -0.15) is 0 Å². The van der Waals surface area contributed by atoms with E-state index in [9.17, 15) is 4.79 Å². The molecular weight excluding hydrogens is 262 g/mol. The zero-order chi connectivity index (χ0) is 15.0. The fourth-order valence-electron chi connectivity index (χ4n) is 2.96. The second-order valence-electron chi connectivity index (χ2n) is 5.90. The van der Waals surface area contributed by atoms with E-state index in [2.05, 4.69) is 46.9 Å². The molecule has 1 aromatic carbocycles. The van der Waals surface area contributed by atoms with Crippen LogP contribution in [0.3, 0.4) is 0 Å². The van der Waals surface area contributed by atoms with Crippen molar-refractivity contribution in [1.29, 1.82) is 0 Å². The molecule has 4 heteroatoms. The summed E-state index contributed by atoms with van der Waals surface area (Å²) in [5.74, 6) is 0.710. The van der Waals surface area contributed by atoms with Gasteiger partial charge in [0.15, 0.2) is 0 Å². The van der Waals surface area contributed by atoms with Gasteiger partial charge in [-0.3, -0.25) is 9.69 Å². The van der Waals surface area contributed by atoms with Gasteiger partial charge in [-0.1, -0.05) is 18.2 Å². The molecule has 0 spiro atoms. The van der Waals surface area contributed by atoms with Gasteiger partial charge in [-0.25, -0.2) is 4.98 Å². The molecule has 2 heterocycles. The van der Waals surface area contributed by atoms with Crippen molar-refractivity contribution in [2.45, 2.75) is 40.3 Å². The Morgan fingerprint density at radius 2 is 2.10 bits per heavy atom. The molecular formula is C17H21N3O. The van der Waals surface area contributed by atoms with Gasteiger partial charge in [0.25, 0.3) is 5.56 Å². The fourth-order valence-corrected chi connectivity index (χ4v) is 2.96. The van der Waals surface area contributed by atoms with Gasteiger partial charge in [0.2, 0.25) is 0 Å². The number of benzene rings is 1. The molecule has 0 radical (unpaired) electrons. The molecule has 0 bridgehead atoms. The Balaban J connectivity index is 1.84. The topological polar surface area (TPSA) is 49.0 Å². The summed E-state index contributed by atoms with van der Waals surface area (Å²) in [6.07, 6.45) is 0.852. The average molecular weight is 283 g/mol. The standard InChI is InChI=1S/C17H21N3O/c1-11-5-4-6-14(12(11)2)9-20-8-7-16-15(10-20)17(21)19-13(3)18-16/h4-6H,7-10H2,1-3H3,(H,18,19,21). The molecule has 4 nitrogen and oxygen atoms in total. The summed E-state index contributed by atoms with van der Waals surface area (Å²) in [4.78, 5) is 21.7. The van der Waals surface area contributed by atoms with Crippen LogP contribution in [0.5, 0.6) is 0 Å². The maximum absolute atomic E-state index is 12.1. The summed E-state index contributed by atoms with van der Waals surface area (Å²) in [7, 11) is 0. The molecule has 2 aromatic rings. The quantitative estimate of drug-likeness (QED) is 0.919. The second-order valence-corrected chi connectivity index (χ2v) is 5.90. The van der Waals surface area contributed by atoms with Crippen molar-refractivity contribution in [2.24, 2.45) is 0 Å². The normalized spacial score (nSPS) is 15.0. The summed E-state index contributed by atoms with van der Waals surface area (Å²) in [5.41, 5.74) is 5.82. The van der Waals surface area contributed by atoms with Crippen LogP contribution in [0.15, 0.2) is 23.0 Å². The molecule has 0 saturated carbocycles. The zero-order valence-electron chi connectivity index (χ0n) is 12.9. The van der Waals surface area contributed by atoms with Crippen LogP contribution >= 0.6 is 0 Å². The van der Waals surface area contributed by atoms with Crippen molar-refractivity contribution in [2.75, 3.05) is 6.54 Å². The Labute approximate surface area is 124 Å². The molecule has 0 fully saturated rings. The molecule has 0 saturated heterocycles. The van der Waals surface area contributed by atoms with E-state index < -0.39 is 0 Å². The van der Waals surface area contributed by atoms with Gasteiger partial charge in [0.05, 0.1) is 11.3 Å². The number of hydrogen-bond donors (Lipinski definition) is 1. The van der Waals surface area contributed by atoms with Gasteiger partial charge < -0.3 is 4.98 Å². The lowest BCUT2D eigenvalue weighted by Crippen LogP contribution is -2.35. The Hall–Kier alpha value is -1.94. The van der Waals surface area contributed by atoms with E-state index in [4.69, 9.17) is 0 Å². The van der Waals surface area contributed by atoms with Crippen LogP contribution in [0.4, 0.5) is 0 Å². The Bertz CT molecular complexity index is 733. The number of nitrogens with zero attached hydrogens (tertiary/aromatic N) is 2. The first kappa shape index (κ1) is 14.0. The van der Waals surface area contributed by atoms with Crippen molar-refractivity contribution in [3.8, 4) is 0 Å². The molecule has 1 aliphatic heterocycles. The Morgan fingerprint density at radius 3 is 2.90 bits per heavy atom. The smallest absolute Gasteiger partial charge is 0.255 e. The van der Waals surface area contributed by atoms with Crippen molar-refractivity contribution < 1.29 is 0 Å². The molecule has 3 rings (SSSR count). The predicted octanol–water partition coefficient (Wildman–Crippen LogP) is 2.25. The highest BCUT2D eigenvalue weighted by Crippen LogP contribution is 2.19. The van der Waals surface area contributed by atoms with E-state index in [0.29, 0.717) is 12.4 Å². The molecule has 1 aromatic heterocycles. The van der Waals surface area contributed by atoms with Gasteiger partial charge in [0.1, 0.15) is 5.82 Å². The van der Waals surface area contributed by atoms with Crippen LogP contribution < -0.4 is 5.56 Å². The van der Waals surface area contributed by atoms with Crippen molar-refractivity contribution in [3.05, 3.63) is 62.3 Å². The minimum absolute atomic E-state index is 0.0168. The first-order valence-electron chi connectivity index (χ1n) is 7.40. The summed E-state index contributed by atoms with van der Waals surface area (Å²) in [6, 6.07) is 6.42. The van der Waals surface area contributed by atoms with E-state index >= 15 is 0 Å². The van der Waals surface area contributed by atoms with Crippen LogP contribution in [0.25, 0.3) is 0 Å². The van der Waals surface area contributed by atoms with E-state index in [1.54, 1.807) is 0 Å². The number of nitrogens with one attached hydrogen (secondary N) is 1. The molecule has 1 N–H and O–H groups in total. The highest BCUT2D eigenvalue weighted by Gasteiger charge is 2.21. The lowest BCUT2D eigenvalue weighted by Gasteiger charge is -2.28. The number of H-pyrrole nitrogens is 1. The highest BCUT2D eigenvalue weighted by atomic mass is 16.1. The minimum Gasteiger partial charge on any atom is -0.310 e. The largest absolute Gasteiger partial charge is 0.310 e. The van der Waals surface area contributed by atoms with E-state index in [1.165, 1.54) is 16.7 Å². The molecule has 0 atom stereocenters. The average Bonchev–Trinajstić information content (AvgIpc) is 2.44. The predicted molar refractivity (Wildman–Crippen MR) is 83.3 cm³/mol. The third-order valence-corrected chi connectivity index (χ3v) is 4.38. The van der Waals surface area contributed by atoms with E-state index in [0.717, 1.165) is 30.8 Å². The summed E-state index contributed by atoms with van der Waals surface area (Å²) >= 11 is 0. The fraction of sp³-hybridized carbons (Fsp3) is 0.412. The molecule has 110 valence electrons. The number of hydrogen-bond acceptors (Lipinski definition) is 3. The number of aromatic nitrogens is 2. The minimum atomic E-state index is 0.0168. The summed E-state index contributed by atoms with van der Waals surface area (Å²) in [6.45, 7) is 8.67. The van der Waals surface area contributed by atoms with Gasteiger partial charge in [-0.05, 0) is 37.5 Å². The molecule has 0 amide bonds. The van der Waals surface area contributed by atoms with Crippen molar-refractivity contribution >= 4 is 0 Å². The lowest BCUT2D eigenvalue weighted by molar-refractivity contribution is 0.241.